The summed E-state index contributed by atoms with van der Waals surface area (Å²) >= 11 is 12.6. The molecule has 2 aromatic heterocycles. The van der Waals surface area contributed by atoms with Crippen molar-refractivity contribution >= 4 is 34.0 Å². The molecule has 1 aliphatic rings. The highest BCUT2D eigenvalue weighted by Crippen LogP contribution is 2.37. The van der Waals surface area contributed by atoms with Crippen molar-refractivity contribution in [1.82, 2.24) is 15.2 Å². The zero-order valence-electron chi connectivity index (χ0n) is 16.0. The fourth-order valence-corrected chi connectivity index (χ4v) is 4.00. The molecule has 0 aliphatic carbocycles. The van der Waals surface area contributed by atoms with Gasteiger partial charge in [0.2, 0.25) is 0 Å². The Morgan fingerprint density at radius 3 is 2.66 bits per heavy atom. The molecule has 1 saturated heterocycles. The van der Waals surface area contributed by atoms with Crippen LogP contribution in [0.1, 0.15) is 30.5 Å². The summed E-state index contributed by atoms with van der Waals surface area (Å²) in [7, 11) is 1.62. The van der Waals surface area contributed by atoms with Gasteiger partial charge in [-0.25, -0.2) is 0 Å². The molecular weight excluding hydrogens is 413 g/mol. The second kappa shape index (κ2) is 9.11. The summed E-state index contributed by atoms with van der Waals surface area (Å²) in [6.07, 6.45) is 8.61. The molecule has 152 valence electrons. The Balaban J connectivity index is 1.69. The van der Waals surface area contributed by atoms with Gasteiger partial charge < -0.3 is 14.2 Å². The molecule has 0 bridgehead atoms. The number of aromatic nitrogens is 3. The zero-order valence-corrected chi connectivity index (χ0v) is 17.5. The Kier molecular flexibility index (Phi) is 6.33. The second-order valence-electron chi connectivity index (χ2n) is 6.91. The average Bonchev–Trinajstić information content (AvgIpc) is 2.75. The summed E-state index contributed by atoms with van der Waals surface area (Å²) in [6.45, 7) is 1.25. The maximum Gasteiger partial charge on any atom is 0.170 e. The lowest BCUT2D eigenvalue weighted by Crippen LogP contribution is -2.26. The number of benzene rings is 1. The first-order valence-electron chi connectivity index (χ1n) is 9.51. The van der Waals surface area contributed by atoms with Crippen molar-refractivity contribution in [3.05, 3.63) is 52.0 Å². The van der Waals surface area contributed by atoms with Crippen LogP contribution in [-0.4, -0.2) is 41.6 Å². The van der Waals surface area contributed by atoms with Gasteiger partial charge in [-0.05, 0) is 37.0 Å². The second-order valence-corrected chi connectivity index (χ2v) is 7.72. The highest BCUT2D eigenvalue weighted by Gasteiger charge is 2.19. The van der Waals surface area contributed by atoms with E-state index in [-0.39, 0.29) is 6.10 Å². The number of hydrogen-bond acceptors (Lipinski definition) is 6. The maximum absolute atomic E-state index is 6.29. The van der Waals surface area contributed by atoms with Crippen molar-refractivity contribution < 1.29 is 14.2 Å². The van der Waals surface area contributed by atoms with Gasteiger partial charge in [-0.3, -0.25) is 4.98 Å². The van der Waals surface area contributed by atoms with E-state index in [1.807, 2.05) is 12.1 Å². The molecule has 0 radical (unpaired) electrons. The number of halogens is 2. The van der Waals surface area contributed by atoms with E-state index in [1.54, 1.807) is 25.7 Å². The van der Waals surface area contributed by atoms with Gasteiger partial charge in [-0.15, -0.1) is 0 Å². The fourth-order valence-electron chi connectivity index (χ4n) is 3.50. The van der Waals surface area contributed by atoms with E-state index >= 15 is 0 Å². The first-order chi connectivity index (χ1) is 14.2. The maximum atomic E-state index is 6.29. The van der Waals surface area contributed by atoms with Crippen LogP contribution >= 0.6 is 23.2 Å². The van der Waals surface area contributed by atoms with Crippen molar-refractivity contribution in [3.8, 4) is 11.5 Å². The fraction of sp³-hybridized carbons (Fsp3) is 0.381. The monoisotopic (exact) mass is 433 g/mol. The van der Waals surface area contributed by atoms with Crippen LogP contribution < -0.4 is 9.47 Å². The Morgan fingerprint density at radius 2 is 1.93 bits per heavy atom. The molecule has 1 atom stereocenters. The molecule has 6 nitrogen and oxygen atoms in total. The van der Waals surface area contributed by atoms with Gasteiger partial charge in [-0.2, -0.15) is 10.2 Å². The number of ether oxygens (including phenoxy) is 3. The molecule has 1 unspecified atom stereocenters. The number of rotatable bonds is 6. The van der Waals surface area contributed by atoms with Crippen molar-refractivity contribution in [3.63, 3.8) is 0 Å². The minimum Gasteiger partial charge on any atom is -0.493 e. The van der Waals surface area contributed by atoms with E-state index in [1.165, 1.54) is 0 Å². The molecule has 3 heterocycles. The summed E-state index contributed by atoms with van der Waals surface area (Å²) < 4.78 is 17.5. The van der Waals surface area contributed by atoms with Gasteiger partial charge in [0.15, 0.2) is 11.5 Å². The Bertz CT molecular complexity index is 990. The van der Waals surface area contributed by atoms with Gasteiger partial charge in [0.25, 0.3) is 0 Å². The molecular formula is C21H21Cl2N3O3. The van der Waals surface area contributed by atoms with E-state index < -0.39 is 0 Å². The van der Waals surface area contributed by atoms with Crippen molar-refractivity contribution in [2.45, 2.75) is 31.8 Å². The molecule has 1 aromatic carbocycles. The molecule has 4 rings (SSSR count). The topological polar surface area (TPSA) is 66.4 Å². The van der Waals surface area contributed by atoms with Crippen LogP contribution in [0.15, 0.2) is 30.7 Å². The zero-order chi connectivity index (χ0) is 20.2. The van der Waals surface area contributed by atoms with Gasteiger partial charge in [0, 0.05) is 36.2 Å². The Labute approximate surface area is 179 Å². The molecule has 3 aromatic rings. The Morgan fingerprint density at radius 1 is 1.10 bits per heavy atom. The van der Waals surface area contributed by atoms with Crippen LogP contribution in [0.3, 0.4) is 0 Å². The molecule has 0 spiro atoms. The number of methoxy groups -OCH3 is 1. The van der Waals surface area contributed by atoms with Gasteiger partial charge in [0.05, 0.1) is 35.1 Å². The van der Waals surface area contributed by atoms with Crippen LogP contribution in [0.2, 0.25) is 10.0 Å². The van der Waals surface area contributed by atoms with Gasteiger partial charge >= 0.3 is 0 Å². The molecule has 1 fully saturated rings. The lowest BCUT2D eigenvalue weighted by molar-refractivity contribution is -0.0111. The predicted molar refractivity (Wildman–Crippen MR) is 112 cm³/mol. The summed E-state index contributed by atoms with van der Waals surface area (Å²) in [5.41, 5.74) is 1.51. The summed E-state index contributed by atoms with van der Waals surface area (Å²) in [5, 5.41) is 11.2. The van der Waals surface area contributed by atoms with Crippen molar-refractivity contribution in [1.29, 1.82) is 0 Å². The molecule has 8 heteroatoms. The third kappa shape index (κ3) is 4.39. The highest BCUT2D eigenvalue weighted by atomic mass is 35.5. The van der Waals surface area contributed by atoms with Gasteiger partial charge in [0.1, 0.15) is 6.61 Å². The minimum atomic E-state index is 0.0902. The van der Waals surface area contributed by atoms with Crippen LogP contribution in [0.5, 0.6) is 11.5 Å². The van der Waals surface area contributed by atoms with E-state index in [2.05, 4.69) is 15.2 Å². The number of pyridine rings is 1. The quantitative estimate of drug-likeness (QED) is 0.551. The van der Waals surface area contributed by atoms with Gasteiger partial charge in [-0.1, -0.05) is 23.2 Å². The third-order valence-electron chi connectivity index (χ3n) is 5.04. The van der Waals surface area contributed by atoms with E-state index in [4.69, 9.17) is 37.4 Å². The molecule has 0 amide bonds. The summed E-state index contributed by atoms with van der Waals surface area (Å²) in [6, 6.07) is 3.82. The van der Waals surface area contributed by atoms with E-state index in [0.29, 0.717) is 34.6 Å². The normalized spacial score (nSPS) is 16.7. The highest BCUT2D eigenvalue weighted by molar-refractivity contribution is 6.35. The lowest BCUT2D eigenvalue weighted by atomic mass is 10.0. The molecule has 0 saturated carbocycles. The average molecular weight is 434 g/mol. The first-order valence-corrected chi connectivity index (χ1v) is 10.3. The van der Waals surface area contributed by atoms with E-state index in [9.17, 15) is 0 Å². The molecule has 29 heavy (non-hydrogen) atoms. The third-order valence-corrected chi connectivity index (χ3v) is 5.69. The SMILES string of the molecule is COc1ccc2c(Cc3c(Cl)cncc3Cl)nncc2c1OCC1CCCCO1. The molecule has 1 aliphatic heterocycles. The van der Waals surface area contributed by atoms with Crippen LogP contribution in [-0.2, 0) is 11.2 Å². The number of hydrogen-bond donors (Lipinski definition) is 0. The predicted octanol–water partition coefficient (Wildman–Crippen LogP) is 4.88. The standard InChI is InChI=1S/C21H21Cl2N3O3/c1-27-20-6-5-14-16(21(20)29-12-13-4-2-3-7-28-13)9-25-26-19(14)8-15-17(22)10-24-11-18(15)23/h5-6,9-11,13H,2-4,7-8,12H2,1H3. The first kappa shape index (κ1) is 20.1. The van der Waals surface area contributed by atoms with Crippen molar-refractivity contribution in [2.24, 2.45) is 0 Å². The van der Waals surface area contributed by atoms with E-state index in [0.717, 1.165) is 47.9 Å². The largest absolute Gasteiger partial charge is 0.493 e. The molecule has 0 N–H and O–H groups in total. The summed E-state index contributed by atoms with van der Waals surface area (Å²) in [4.78, 5) is 4.01. The van der Waals surface area contributed by atoms with Crippen LogP contribution in [0.4, 0.5) is 0 Å². The smallest absolute Gasteiger partial charge is 0.170 e. The number of fused-ring (bicyclic) bond motifs is 1. The van der Waals surface area contributed by atoms with Crippen LogP contribution in [0.25, 0.3) is 10.8 Å². The summed E-state index contributed by atoms with van der Waals surface area (Å²) in [5.74, 6) is 1.29. The lowest BCUT2D eigenvalue weighted by Gasteiger charge is -2.23. The minimum absolute atomic E-state index is 0.0902. The number of nitrogens with zero attached hydrogens (tertiary/aromatic N) is 3. The van der Waals surface area contributed by atoms with Crippen molar-refractivity contribution in [2.75, 3.05) is 20.3 Å². The van der Waals surface area contributed by atoms with Crippen LogP contribution in [0, 0.1) is 0 Å². The Hall–Kier alpha value is -2.15.